The quantitative estimate of drug-likeness (QED) is 0.412. The maximum absolute atomic E-state index is 4.61. The van der Waals surface area contributed by atoms with E-state index in [2.05, 4.69) is 27.2 Å². The van der Waals surface area contributed by atoms with Crippen LogP contribution >= 0.6 is 12.2 Å². The lowest BCUT2D eigenvalue weighted by molar-refractivity contribution is 1.02. The van der Waals surface area contributed by atoms with Gasteiger partial charge >= 0.3 is 0 Å². The summed E-state index contributed by atoms with van der Waals surface area (Å²) < 4.78 is 0.468. The number of hydrogen-bond acceptors (Lipinski definition) is 3. The Labute approximate surface area is 62.3 Å². The zero-order valence-corrected chi connectivity index (χ0v) is 6.01. The van der Waals surface area contributed by atoms with Gasteiger partial charge in [0.15, 0.2) is 4.77 Å². The van der Waals surface area contributed by atoms with Crippen LogP contribution in [0.4, 0.5) is 0 Å². The molecule has 8 heavy (non-hydrogen) atoms. The molecule has 0 aliphatic rings. The Kier molecular flexibility index (Phi) is 3.62. The predicted octanol–water partition coefficient (Wildman–Crippen LogP) is 0.153. The minimum Gasteiger partial charge on any atom is -0.322 e. The third-order valence-corrected chi connectivity index (χ3v) is 0.727. The van der Waals surface area contributed by atoms with Crippen molar-refractivity contribution in [3.8, 4) is 0 Å². The Bertz CT molecular complexity index is 180. The summed E-state index contributed by atoms with van der Waals surface area (Å²) >= 11 is 4.61. The smallest absolute Gasteiger partial charge is 0.199 e. The molecule has 0 unspecified atom stereocenters. The molecule has 3 nitrogen and oxygen atoms in total. The van der Waals surface area contributed by atoms with Crippen LogP contribution in [0.3, 0.4) is 0 Å². The summed E-state index contributed by atoms with van der Waals surface area (Å²) in [5.74, 6) is 0. The first kappa shape index (κ1) is 7.76. The Hall–Kier alpha value is -0.238. The summed E-state index contributed by atoms with van der Waals surface area (Å²) in [5.41, 5.74) is 0. The Balaban J connectivity index is 0.000000490. The number of nitrogens with one attached hydrogen (secondary N) is 1. The standard InChI is InChI=1S/C3H3N3S.Al/c7-3-5-1-4-2-6-3;/h1-2H,(H,4,5,6,7);. The van der Waals surface area contributed by atoms with Gasteiger partial charge in [0.1, 0.15) is 6.33 Å². The number of aromatic nitrogens is 3. The van der Waals surface area contributed by atoms with Gasteiger partial charge in [-0.2, -0.15) is 0 Å². The van der Waals surface area contributed by atoms with Gasteiger partial charge in [-0.15, -0.1) is 0 Å². The SMILES string of the molecule is S=c1ncnc[nH]1.[Al]. The fourth-order valence-corrected chi connectivity index (χ4v) is 0.349. The minimum atomic E-state index is 0. The first-order valence-electron chi connectivity index (χ1n) is 1.74. The summed E-state index contributed by atoms with van der Waals surface area (Å²) in [7, 11) is 0. The normalized spacial score (nSPS) is 7.50. The van der Waals surface area contributed by atoms with Crippen molar-refractivity contribution in [1.29, 1.82) is 0 Å². The summed E-state index contributed by atoms with van der Waals surface area (Å²) in [6.45, 7) is 0. The molecule has 1 rings (SSSR count). The van der Waals surface area contributed by atoms with Crippen molar-refractivity contribution < 1.29 is 0 Å². The number of aromatic amines is 1. The molecule has 5 heteroatoms. The van der Waals surface area contributed by atoms with Crippen molar-refractivity contribution in [3.63, 3.8) is 0 Å². The lowest BCUT2D eigenvalue weighted by Crippen LogP contribution is -1.78. The van der Waals surface area contributed by atoms with Crippen LogP contribution in [0.2, 0.25) is 0 Å². The lowest BCUT2D eigenvalue weighted by atomic mass is 11.1. The van der Waals surface area contributed by atoms with Crippen LogP contribution in [0, 0.1) is 4.77 Å². The second-order valence-electron chi connectivity index (χ2n) is 0.972. The predicted molar refractivity (Wildman–Crippen MR) is 33.0 cm³/mol. The summed E-state index contributed by atoms with van der Waals surface area (Å²) in [6.07, 6.45) is 2.90. The van der Waals surface area contributed by atoms with Crippen LogP contribution in [-0.2, 0) is 0 Å². The van der Waals surface area contributed by atoms with Crippen molar-refractivity contribution in [2.45, 2.75) is 0 Å². The molecule has 0 saturated carbocycles. The fourth-order valence-electron chi connectivity index (χ4n) is 0.249. The van der Waals surface area contributed by atoms with Gasteiger partial charge in [-0.3, -0.25) is 0 Å². The van der Waals surface area contributed by atoms with E-state index < -0.39 is 0 Å². The van der Waals surface area contributed by atoms with E-state index in [1.807, 2.05) is 0 Å². The molecular formula is C3H3AlN3S. The molecule has 0 atom stereocenters. The van der Waals surface area contributed by atoms with E-state index in [0.717, 1.165) is 0 Å². The number of H-pyrrole nitrogens is 1. The second kappa shape index (κ2) is 3.73. The van der Waals surface area contributed by atoms with E-state index in [1.54, 1.807) is 0 Å². The number of nitrogens with zero attached hydrogens (tertiary/aromatic N) is 2. The van der Waals surface area contributed by atoms with Gasteiger partial charge < -0.3 is 4.98 Å². The van der Waals surface area contributed by atoms with Gasteiger partial charge in [0.25, 0.3) is 0 Å². The van der Waals surface area contributed by atoms with Crippen molar-refractivity contribution in [2.75, 3.05) is 0 Å². The van der Waals surface area contributed by atoms with E-state index in [4.69, 9.17) is 0 Å². The van der Waals surface area contributed by atoms with Crippen LogP contribution in [0.5, 0.6) is 0 Å². The third kappa shape index (κ3) is 2.17. The largest absolute Gasteiger partial charge is 0.322 e. The summed E-state index contributed by atoms with van der Waals surface area (Å²) in [4.78, 5) is 9.86. The summed E-state index contributed by atoms with van der Waals surface area (Å²) in [6, 6.07) is 0. The van der Waals surface area contributed by atoms with E-state index in [0.29, 0.717) is 4.77 Å². The lowest BCUT2D eigenvalue weighted by Gasteiger charge is -1.75. The highest BCUT2D eigenvalue weighted by Gasteiger charge is 1.67. The highest BCUT2D eigenvalue weighted by Crippen LogP contribution is 1.68. The van der Waals surface area contributed by atoms with Gasteiger partial charge in [0.05, 0.1) is 6.33 Å². The van der Waals surface area contributed by atoms with Crippen molar-refractivity contribution in [1.82, 2.24) is 15.0 Å². The van der Waals surface area contributed by atoms with E-state index in [-0.39, 0.29) is 17.4 Å². The molecule has 1 heterocycles. The topological polar surface area (TPSA) is 41.6 Å². The first-order valence-corrected chi connectivity index (χ1v) is 2.15. The maximum Gasteiger partial charge on any atom is 0.199 e. The second-order valence-corrected chi connectivity index (χ2v) is 1.36. The van der Waals surface area contributed by atoms with E-state index >= 15 is 0 Å². The first-order chi connectivity index (χ1) is 3.39. The molecule has 1 aromatic heterocycles. The molecule has 0 amide bonds. The molecular weight excluding hydrogens is 137 g/mol. The van der Waals surface area contributed by atoms with Crippen molar-refractivity contribution in [2.24, 2.45) is 0 Å². The van der Waals surface area contributed by atoms with E-state index in [1.165, 1.54) is 12.7 Å². The maximum atomic E-state index is 4.61. The van der Waals surface area contributed by atoms with Gasteiger partial charge in [-0.25, -0.2) is 9.97 Å². The molecule has 0 aliphatic heterocycles. The molecule has 0 aliphatic carbocycles. The number of rotatable bonds is 0. The van der Waals surface area contributed by atoms with Gasteiger partial charge in [-0.05, 0) is 12.2 Å². The van der Waals surface area contributed by atoms with Crippen LogP contribution in [0.15, 0.2) is 12.7 Å². The Morgan fingerprint density at radius 3 is 2.62 bits per heavy atom. The molecule has 0 fully saturated rings. The van der Waals surface area contributed by atoms with Crippen molar-refractivity contribution >= 4 is 29.6 Å². The minimum absolute atomic E-state index is 0. The van der Waals surface area contributed by atoms with Crippen LogP contribution in [-0.4, -0.2) is 32.3 Å². The molecule has 0 bridgehead atoms. The molecule has 1 N–H and O–H groups in total. The average Bonchev–Trinajstić information content (AvgIpc) is 1.69. The Morgan fingerprint density at radius 2 is 2.38 bits per heavy atom. The van der Waals surface area contributed by atoms with Gasteiger partial charge in [-0.1, -0.05) is 0 Å². The molecule has 0 saturated heterocycles. The third-order valence-electron chi connectivity index (χ3n) is 0.504. The molecule has 0 spiro atoms. The fraction of sp³-hybridized carbons (Fsp3) is 0. The molecule has 3 radical (unpaired) electrons. The molecule has 0 aromatic carbocycles. The number of hydrogen-bond donors (Lipinski definition) is 1. The van der Waals surface area contributed by atoms with Gasteiger partial charge in [0.2, 0.25) is 0 Å². The zero-order chi connectivity index (χ0) is 5.11. The molecule has 1 aromatic rings. The highest BCUT2D eigenvalue weighted by atomic mass is 32.1. The van der Waals surface area contributed by atoms with Crippen LogP contribution in [0.1, 0.15) is 0 Å². The van der Waals surface area contributed by atoms with Crippen molar-refractivity contribution in [3.05, 3.63) is 17.4 Å². The van der Waals surface area contributed by atoms with E-state index in [9.17, 15) is 0 Å². The summed E-state index contributed by atoms with van der Waals surface area (Å²) in [5, 5.41) is 0. The highest BCUT2D eigenvalue weighted by molar-refractivity contribution is 7.71. The zero-order valence-electron chi connectivity index (χ0n) is 4.03. The monoisotopic (exact) mass is 140 g/mol. The Morgan fingerprint density at radius 1 is 1.62 bits per heavy atom. The molecule has 39 valence electrons. The van der Waals surface area contributed by atoms with Gasteiger partial charge in [0, 0.05) is 17.4 Å². The van der Waals surface area contributed by atoms with Crippen LogP contribution < -0.4 is 0 Å². The average molecular weight is 140 g/mol. The van der Waals surface area contributed by atoms with Crippen LogP contribution in [0.25, 0.3) is 0 Å².